The van der Waals surface area contributed by atoms with E-state index in [4.69, 9.17) is 4.74 Å². The molecule has 0 aliphatic rings. The summed E-state index contributed by atoms with van der Waals surface area (Å²) in [7, 11) is 1.64. The predicted molar refractivity (Wildman–Crippen MR) is 139 cm³/mol. The quantitative estimate of drug-likeness (QED) is 0.309. The normalized spacial score (nSPS) is 11.3. The zero-order valence-electron chi connectivity index (χ0n) is 20.6. The molecule has 4 rings (SSSR count). The number of aromatic nitrogens is 5. The first kappa shape index (κ1) is 24.5. The summed E-state index contributed by atoms with van der Waals surface area (Å²) in [5.74, 6) is 2.52. The van der Waals surface area contributed by atoms with Crippen LogP contribution >= 0.6 is 11.8 Å². The monoisotopic (exact) mass is 490 g/mol. The SMILES string of the molecule is COc1ccc(-c2nnc(SCC(=O)Nc3ccnn3C(C)C)n2-c2ccccc2C(C)C)cc1. The smallest absolute Gasteiger partial charge is 0.235 e. The second-order valence-corrected chi connectivity index (χ2v) is 9.62. The molecular weight excluding hydrogens is 460 g/mol. The second-order valence-electron chi connectivity index (χ2n) is 8.68. The third-order valence-electron chi connectivity index (χ3n) is 5.54. The second kappa shape index (κ2) is 10.8. The molecule has 0 aliphatic carbocycles. The fraction of sp³-hybridized carbons (Fsp3) is 0.308. The van der Waals surface area contributed by atoms with Gasteiger partial charge in [0.15, 0.2) is 11.0 Å². The van der Waals surface area contributed by atoms with Crippen LogP contribution in [0.15, 0.2) is 66.0 Å². The highest BCUT2D eigenvalue weighted by atomic mass is 32.2. The van der Waals surface area contributed by atoms with E-state index in [1.807, 2.05) is 54.8 Å². The van der Waals surface area contributed by atoms with Crippen molar-refractivity contribution in [3.05, 3.63) is 66.4 Å². The molecule has 0 spiro atoms. The first-order valence-electron chi connectivity index (χ1n) is 11.5. The molecule has 0 atom stereocenters. The number of hydrogen-bond acceptors (Lipinski definition) is 6. The number of rotatable bonds is 9. The molecule has 1 amide bonds. The Bertz CT molecular complexity index is 1290. The van der Waals surface area contributed by atoms with Crippen molar-refractivity contribution in [2.24, 2.45) is 0 Å². The highest BCUT2D eigenvalue weighted by Crippen LogP contribution is 2.32. The molecule has 4 aromatic rings. The highest BCUT2D eigenvalue weighted by Gasteiger charge is 2.20. The Balaban J connectivity index is 1.66. The van der Waals surface area contributed by atoms with Crippen molar-refractivity contribution < 1.29 is 9.53 Å². The lowest BCUT2D eigenvalue weighted by Gasteiger charge is -2.17. The van der Waals surface area contributed by atoms with Gasteiger partial charge in [0.2, 0.25) is 5.91 Å². The zero-order chi connectivity index (χ0) is 24.9. The van der Waals surface area contributed by atoms with Crippen LogP contribution in [-0.4, -0.2) is 43.3 Å². The Morgan fingerprint density at radius 1 is 1.03 bits per heavy atom. The number of amides is 1. The van der Waals surface area contributed by atoms with Crippen LogP contribution in [-0.2, 0) is 4.79 Å². The zero-order valence-corrected chi connectivity index (χ0v) is 21.4. The van der Waals surface area contributed by atoms with E-state index in [-0.39, 0.29) is 17.7 Å². The van der Waals surface area contributed by atoms with Gasteiger partial charge in [-0.3, -0.25) is 9.36 Å². The van der Waals surface area contributed by atoms with Crippen molar-refractivity contribution in [3.63, 3.8) is 0 Å². The predicted octanol–water partition coefficient (Wildman–Crippen LogP) is 5.57. The van der Waals surface area contributed by atoms with Crippen LogP contribution in [0.5, 0.6) is 5.75 Å². The molecule has 182 valence electrons. The number of anilines is 1. The lowest BCUT2D eigenvalue weighted by molar-refractivity contribution is -0.113. The van der Waals surface area contributed by atoms with Crippen LogP contribution in [0.1, 0.15) is 45.2 Å². The maximum Gasteiger partial charge on any atom is 0.235 e. The number of para-hydroxylation sites is 1. The number of thioether (sulfide) groups is 1. The number of carbonyl (C=O) groups excluding carboxylic acids is 1. The van der Waals surface area contributed by atoms with Crippen LogP contribution in [0.25, 0.3) is 17.1 Å². The molecular formula is C26H30N6O2S. The van der Waals surface area contributed by atoms with Crippen LogP contribution < -0.4 is 10.1 Å². The average molecular weight is 491 g/mol. The first-order chi connectivity index (χ1) is 16.9. The Kier molecular flexibility index (Phi) is 7.55. The Morgan fingerprint density at radius 2 is 1.77 bits per heavy atom. The van der Waals surface area contributed by atoms with E-state index in [0.717, 1.165) is 17.0 Å². The number of ether oxygens (including phenoxy) is 1. The summed E-state index contributed by atoms with van der Waals surface area (Å²) in [5, 5.41) is 16.9. The first-order valence-corrected chi connectivity index (χ1v) is 12.5. The van der Waals surface area contributed by atoms with Crippen molar-refractivity contribution in [2.45, 2.75) is 44.8 Å². The molecule has 0 saturated carbocycles. The van der Waals surface area contributed by atoms with Crippen molar-refractivity contribution in [1.29, 1.82) is 0 Å². The Hall–Kier alpha value is -3.59. The van der Waals surface area contributed by atoms with Crippen LogP contribution in [0.3, 0.4) is 0 Å². The largest absolute Gasteiger partial charge is 0.497 e. The van der Waals surface area contributed by atoms with Gasteiger partial charge in [-0.1, -0.05) is 43.8 Å². The average Bonchev–Trinajstić information content (AvgIpc) is 3.50. The fourth-order valence-electron chi connectivity index (χ4n) is 3.82. The van der Waals surface area contributed by atoms with Gasteiger partial charge in [-0.05, 0) is 55.7 Å². The van der Waals surface area contributed by atoms with Gasteiger partial charge in [-0.15, -0.1) is 10.2 Å². The van der Waals surface area contributed by atoms with Crippen molar-refractivity contribution in [2.75, 3.05) is 18.2 Å². The van der Waals surface area contributed by atoms with Gasteiger partial charge in [-0.2, -0.15) is 5.10 Å². The Morgan fingerprint density at radius 3 is 2.46 bits per heavy atom. The summed E-state index contributed by atoms with van der Waals surface area (Å²) in [5.41, 5.74) is 3.09. The third kappa shape index (κ3) is 5.40. The summed E-state index contributed by atoms with van der Waals surface area (Å²) in [6, 6.07) is 17.9. The molecule has 2 heterocycles. The fourth-order valence-corrected chi connectivity index (χ4v) is 4.57. The lowest BCUT2D eigenvalue weighted by Crippen LogP contribution is -2.18. The number of hydrogen-bond donors (Lipinski definition) is 1. The van der Waals surface area contributed by atoms with E-state index in [9.17, 15) is 4.79 Å². The number of carbonyl (C=O) groups is 1. The van der Waals surface area contributed by atoms with Crippen molar-refractivity contribution in [3.8, 4) is 22.8 Å². The van der Waals surface area contributed by atoms with Gasteiger partial charge in [0.1, 0.15) is 11.6 Å². The summed E-state index contributed by atoms with van der Waals surface area (Å²) in [6.45, 7) is 8.36. The molecule has 0 saturated heterocycles. The summed E-state index contributed by atoms with van der Waals surface area (Å²) >= 11 is 1.35. The standard InChI is InChI=1S/C26H30N6O2S/c1-17(2)21-8-6-7-9-22(21)31-25(19-10-12-20(34-5)13-11-19)29-30-26(31)35-16-24(33)28-23-14-15-27-32(23)18(3)4/h6-15,17-18H,16H2,1-5H3,(H,28,33). The summed E-state index contributed by atoms with van der Waals surface area (Å²) < 4.78 is 9.13. The number of benzene rings is 2. The minimum absolute atomic E-state index is 0.130. The van der Waals surface area contributed by atoms with Gasteiger partial charge in [-0.25, -0.2) is 4.68 Å². The van der Waals surface area contributed by atoms with Gasteiger partial charge in [0.05, 0.1) is 24.7 Å². The van der Waals surface area contributed by atoms with E-state index in [2.05, 4.69) is 46.6 Å². The van der Waals surface area contributed by atoms with E-state index in [1.165, 1.54) is 17.3 Å². The molecule has 35 heavy (non-hydrogen) atoms. The third-order valence-corrected chi connectivity index (χ3v) is 6.47. The van der Waals surface area contributed by atoms with Crippen LogP contribution in [0, 0.1) is 0 Å². The molecule has 1 N–H and O–H groups in total. The molecule has 0 unspecified atom stereocenters. The van der Waals surface area contributed by atoms with E-state index in [0.29, 0.717) is 22.7 Å². The number of nitrogens with one attached hydrogen (secondary N) is 1. The molecule has 2 aromatic heterocycles. The van der Waals surface area contributed by atoms with E-state index in [1.54, 1.807) is 24.1 Å². The highest BCUT2D eigenvalue weighted by molar-refractivity contribution is 7.99. The van der Waals surface area contributed by atoms with Crippen molar-refractivity contribution in [1.82, 2.24) is 24.5 Å². The lowest BCUT2D eigenvalue weighted by atomic mass is 10.0. The van der Waals surface area contributed by atoms with Gasteiger partial charge in [0.25, 0.3) is 0 Å². The minimum Gasteiger partial charge on any atom is -0.497 e. The van der Waals surface area contributed by atoms with Crippen LogP contribution in [0.2, 0.25) is 0 Å². The molecule has 0 bridgehead atoms. The number of methoxy groups -OCH3 is 1. The van der Waals surface area contributed by atoms with Gasteiger partial charge < -0.3 is 10.1 Å². The molecule has 0 radical (unpaired) electrons. The minimum atomic E-state index is -0.130. The molecule has 0 aliphatic heterocycles. The maximum atomic E-state index is 12.8. The molecule has 8 nitrogen and oxygen atoms in total. The van der Waals surface area contributed by atoms with E-state index >= 15 is 0 Å². The maximum absolute atomic E-state index is 12.8. The molecule has 2 aromatic carbocycles. The van der Waals surface area contributed by atoms with Crippen molar-refractivity contribution >= 4 is 23.5 Å². The molecule has 0 fully saturated rings. The number of nitrogens with zero attached hydrogens (tertiary/aromatic N) is 5. The molecule has 9 heteroatoms. The van der Waals surface area contributed by atoms with Gasteiger partial charge in [0, 0.05) is 17.7 Å². The Labute approximate surface area is 209 Å². The summed E-state index contributed by atoms with van der Waals surface area (Å²) in [4.78, 5) is 12.8. The van der Waals surface area contributed by atoms with E-state index < -0.39 is 0 Å². The topological polar surface area (TPSA) is 86.9 Å². The van der Waals surface area contributed by atoms with Gasteiger partial charge >= 0.3 is 0 Å². The summed E-state index contributed by atoms with van der Waals surface area (Å²) in [6.07, 6.45) is 1.68. The van der Waals surface area contributed by atoms with Crippen LogP contribution in [0.4, 0.5) is 5.82 Å².